The second kappa shape index (κ2) is 5.09. The van der Waals surface area contributed by atoms with Crippen LogP contribution >= 0.6 is 0 Å². The lowest BCUT2D eigenvalue weighted by molar-refractivity contribution is -0.130. The van der Waals surface area contributed by atoms with Gasteiger partial charge in [-0.25, -0.2) is 0 Å². The maximum atomic E-state index is 10.9. The quantitative estimate of drug-likeness (QED) is 0.585. The van der Waals surface area contributed by atoms with Crippen molar-refractivity contribution in [3.8, 4) is 0 Å². The molecule has 0 saturated heterocycles. The summed E-state index contributed by atoms with van der Waals surface area (Å²) in [5.74, 6) is -0.201. The number of hydrogen-bond donors (Lipinski definition) is 2. The van der Waals surface area contributed by atoms with Crippen LogP contribution in [0.15, 0.2) is 0 Å². The van der Waals surface area contributed by atoms with Gasteiger partial charge in [0, 0.05) is 13.7 Å². The largest absolute Gasteiger partial charge is 0.392 e. The van der Waals surface area contributed by atoms with Crippen molar-refractivity contribution in [3.63, 3.8) is 0 Å². The molecule has 0 heterocycles. The smallest absolute Gasteiger partial charge is 0.248 e. The van der Waals surface area contributed by atoms with E-state index in [4.69, 9.17) is 9.84 Å². The van der Waals surface area contributed by atoms with Crippen LogP contribution in [0.3, 0.4) is 0 Å². The van der Waals surface area contributed by atoms with Crippen molar-refractivity contribution in [1.82, 2.24) is 5.32 Å². The number of rotatable bonds is 4. The van der Waals surface area contributed by atoms with Crippen LogP contribution in [0.1, 0.15) is 13.8 Å². The Morgan fingerprint density at radius 3 is 2.55 bits per heavy atom. The Labute approximate surface area is 66.5 Å². The molecular weight excluding hydrogens is 146 g/mol. The van der Waals surface area contributed by atoms with E-state index in [0.29, 0.717) is 0 Å². The molecule has 66 valence electrons. The fourth-order valence-electron chi connectivity index (χ4n) is 0.499. The third-order valence-corrected chi connectivity index (χ3v) is 1.29. The van der Waals surface area contributed by atoms with Crippen molar-refractivity contribution in [2.24, 2.45) is 0 Å². The van der Waals surface area contributed by atoms with E-state index >= 15 is 0 Å². The molecule has 0 fully saturated rings. The summed E-state index contributed by atoms with van der Waals surface area (Å²) in [5, 5.41) is 11.3. The summed E-state index contributed by atoms with van der Waals surface area (Å²) in [6, 6.07) is 0. The van der Waals surface area contributed by atoms with Crippen LogP contribution < -0.4 is 5.32 Å². The lowest BCUT2D eigenvalue weighted by atomic mass is 10.3. The van der Waals surface area contributed by atoms with Gasteiger partial charge in [-0.15, -0.1) is 0 Å². The maximum absolute atomic E-state index is 10.9. The van der Waals surface area contributed by atoms with E-state index in [2.05, 4.69) is 5.32 Å². The van der Waals surface area contributed by atoms with E-state index in [1.54, 1.807) is 13.8 Å². The summed E-state index contributed by atoms with van der Waals surface area (Å²) >= 11 is 0. The molecule has 4 heteroatoms. The molecule has 0 saturated carbocycles. The lowest BCUT2D eigenvalue weighted by Crippen LogP contribution is -2.37. The van der Waals surface area contributed by atoms with Gasteiger partial charge in [-0.05, 0) is 13.8 Å². The van der Waals surface area contributed by atoms with E-state index in [9.17, 15) is 4.79 Å². The molecule has 4 nitrogen and oxygen atoms in total. The van der Waals surface area contributed by atoms with Crippen molar-refractivity contribution >= 4 is 5.91 Å². The van der Waals surface area contributed by atoms with E-state index in [-0.39, 0.29) is 12.5 Å². The van der Waals surface area contributed by atoms with Gasteiger partial charge in [0.05, 0.1) is 6.10 Å². The van der Waals surface area contributed by atoms with Crippen LogP contribution in [0, 0.1) is 0 Å². The van der Waals surface area contributed by atoms with Crippen LogP contribution in [0.5, 0.6) is 0 Å². The van der Waals surface area contributed by atoms with Gasteiger partial charge in [-0.1, -0.05) is 0 Å². The summed E-state index contributed by atoms with van der Waals surface area (Å²) < 4.78 is 4.75. The van der Waals surface area contributed by atoms with Crippen LogP contribution in [0.2, 0.25) is 0 Å². The minimum Gasteiger partial charge on any atom is -0.392 e. The Morgan fingerprint density at radius 2 is 2.18 bits per heavy atom. The average molecular weight is 161 g/mol. The van der Waals surface area contributed by atoms with Crippen molar-refractivity contribution in [2.75, 3.05) is 13.7 Å². The molecule has 0 aliphatic rings. The third kappa shape index (κ3) is 4.75. The number of carbonyl (C=O) groups is 1. The maximum Gasteiger partial charge on any atom is 0.248 e. The van der Waals surface area contributed by atoms with E-state index < -0.39 is 12.2 Å². The molecule has 0 spiro atoms. The molecule has 2 unspecified atom stereocenters. The fraction of sp³-hybridized carbons (Fsp3) is 0.857. The molecule has 0 radical (unpaired) electrons. The fourth-order valence-corrected chi connectivity index (χ4v) is 0.499. The molecule has 0 aliphatic carbocycles. The summed E-state index contributed by atoms with van der Waals surface area (Å²) in [5.41, 5.74) is 0. The first kappa shape index (κ1) is 10.4. The Kier molecular flexibility index (Phi) is 4.81. The second-order valence-corrected chi connectivity index (χ2v) is 2.47. The Hall–Kier alpha value is -0.610. The van der Waals surface area contributed by atoms with E-state index in [1.807, 2.05) is 0 Å². The highest BCUT2D eigenvalue weighted by atomic mass is 16.5. The molecule has 0 aromatic heterocycles. The Morgan fingerprint density at radius 1 is 1.64 bits per heavy atom. The summed E-state index contributed by atoms with van der Waals surface area (Å²) in [6.45, 7) is 3.53. The van der Waals surface area contributed by atoms with Crippen LogP contribution in [-0.4, -0.2) is 36.9 Å². The predicted molar refractivity (Wildman–Crippen MR) is 41.2 cm³/mol. The first-order chi connectivity index (χ1) is 5.07. The lowest BCUT2D eigenvalue weighted by Gasteiger charge is -2.11. The summed E-state index contributed by atoms with van der Waals surface area (Å²) in [4.78, 5) is 10.9. The molecule has 2 N–H and O–H groups in total. The van der Waals surface area contributed by atoms with Crippen molar-refractivity contribution < 1.29 is 14.6 Å². The third-order valence-electron chi connectivity index (χ3n) is 1.29. The number of amides is 1. The highest BCUT2D eigenvalue weighted by Crippen LogP contribution is 1.86. The SMILES string of the molecule is COC(C)C(=O)NCC(C)O. The van der Waals surface area contributed by atoms with Crippen LogP contribution in [0.25, 0.3) is 0 Å². The number of aliphatic hydroxyl groups is 1. The minimum atomic E-state index is -0.511. The summed E-state index contributed by atoms with van der Waals surface area (Å²) in [6.07, 6.45) is -0.961. The van der Waals surface area contributed by atoms with Crippen LogP contribution in [0.4, 0.5) is 0 Å². The molecule has 2 atom stereocenters. The highest BCUT2D eigenvalue weighted by molar-refractivity contribution is 5.80. The standard InChI is InChI=1S/C7H15NO3/c1-5(9)4-8-7(10)6(2)11-3/h5-6,9H,4H2,1-3H3,(H,8,10). The molecule has 0 aromatic rings. The van der Waals surface area contributed by atoms with E-state index in [0.717, 1.165) is 0 Å². The monoisotopic (exact) mass is 161 g/mol. The van der Waals surface area contributed by atoms with Crippen molar-refractivity contribution in [3.05, 3.63) is 0 Å². The molecule has 0 rings (SSSR count). The molecule has 1 amide bonds. The van der Waals surface area contributed by atoms with Gasteiger partial charge in [-0.2, -0.15) is 0 Å². The van der Waals surface area contributed by atoms with Gasteiger partial charge in [0.2, 0.25) is 5.91 Å². The molecular formula is C7H15NO3. The number of hydrogen-bond acceptors (Lipinski definition) is 3. The molecule has 0 bridgehead atoms. The van der Waals surface area contributed by atoms with Gasteiger partial charge in [0.25, 0.3) is 0 Å². The second-order valence-electron chi connectivity index (χ2n) is 2.47. The number of carbonyl (C=O) groups excluding carboxylic acids is 1. The van der Waals surface area contributed by atoms with Crippen molar-refractivity contribution in [2.45, 2.75) is 26.1 Å². The van der Waals surface area contributed by atoms with Gasteiger partial charge >= 0.3 is 0 Å². The van der Waals surface area contributed by atoms with Gasteiger partial charge < -0.3 is 15.2 Å². The first-order valence-electron chi connectivity index (χ1n) is 3.56. The zero-order chi connectivity index (χ0) is 8.85. The summed E-state index contributed by atoms with van der Waals surface area (Å²) in [7, 11) is 1.46. The Bertz CT molecular complexity index is 125. The zero-order valence-electron chi connectivity index (χ0n) is 7.13. The van der Waals surface area contributed by atoms with Crippen molar-refractivity contribution in [1.29, 1.82) is 0 Å². The topological polar surface area (TPSA) is 58.6 Å². The normalized spacial score (nSPS) is 15.6. The highest BCUT2D eigenvalue weighted by Gasteiger charge is 2.10. The van der Waals surface area contributed by atoms with Gasteiger partial charge in [-0.3, -0.25) is 4.79 Å². The van der Waals surface area contributed by atoms with E-state index in [1.165, 1.54) is 7.11 Å². The Balaban J connectivity index is 3.52. The number of nitrogens with one attached hydrogen (secondary N) is 1. The molecule has 0 aromatic carbocycles. The number of ether oxygens (including phenoxy) is 1. The van der Waals surface area contributed by atoms with Gasteiger partial charge in [0.15, 0.2) is 0 Å². The zero-order valence-corrected chi connectivity index (χ0v) is 7.13. The molecule has 0 aliphatic heterocycles. The predicted octanol–water partition coefficient (Wildman–Crippen LogP) is -0.482. The minimum absolute atomic E-state index is 0.201. The molecule has 11 heavy (non-hydrogen) atoms. The van der Waals surface area contributed by atoms with Gasteiger partial charge in [0.1, 0.15) is 6.10 Å². The average Bonchev–Trinajstić information content (AvgIpc) is 1.98. The van der Waals surface area contributed by atoms with Crippen LogP contribution in [-0.2, 0) is 9.53 Å². The number of methoxy groups -OCH3 is 1. The number of aliphatic hydroxyl groups excluding tert-OH is 1. The first-order valence-corrected chi connectivity index (χ1v) is 3.56.